The molecule has 0 aromatic carbocycles. The highest BCUT2D eigenvalue weighted by molar-refractivity contribution is 5.70. The molecule has 0 aliphatic rings. The number of hydrogen-bond acceptors (Lipinski definition) is 6. The van der Waals surface area contributed by atoms with Crippen molar-refractivity contribution >= 4 is 17.9 Å². The zero-order valence-electron chi connectivity index (χ0n) is 10.4. The van der Waals surface area contributed by atoms with Crippen LogP contribution < -0.4 is 0 Å². The van der Waals surface area contributed by atoms with E-state index in [2.05, 4.69) is 9.47 Å². The number of hydrogen-bond donors (Lipinski definition) is 0. The molecule has 98 valence electrons. The summed E-state index contributed by atoms with van der Waals surface area (Å²) < 4.78 is 13.9. The van der Waals surface area contributed by atoms with Gasteiger partial charge in [-0.1, -0.05) is 0 Å². The largest absolute Gasteiger partial charge is 0.469 e. The molecule has 0 spiro atoms. The molecule has 0 aromatic rings. The van der Waals surface area contributed by atoms with E-state index >= 15 is 0 Å². The van der Waals surface area contributed by atoms with Gasteiger partial charge in [-0.05, 0) is 12.8 Å². The first kappa shape index (κ1) is 15.4. The summed E-state index contributed by atoms with van der Waals surface area (Å²) in [5.74, 6) is -1.19. The third-order valence-corrected chi connectivity index (χ3v) is 2.13. The van der Waals surface area contributed by atoms with Gasteiger partial charge in [-0.2, -0.15) is 0 Å². The summed E-state index contributed by atoms with van der Waals surface area (Å²) in [5, 5.41) is 0. The molecule has 0 N–H and O–H groups in total. The summed E-state index contributed by atoms with van der Waals surface area (Å²) in [5.41, 5.74) is 0. The van der Waals surface area contributed by atoms with E-state index < -0.39 is 12.1 Å². The van der Waals surface area contributed by atoms with Gasteiger partial charge in [0.1, 0.15) is 6.10 Å². The van der Waals surface area contributed by atoms with Crippen LogP contribution in [-0.2, 0) is 28.6 Å². The lowest BCUT2D eigenvalue weighted by atomic mass is 10.1. The highest BCUT2D eigenvalue weighted by Gasteiger charge is 2.16. The Morgan fingerprint density at radius 2 is 1.35 bits per heavy atom. The molecule has 0 aliphatic carbocycles. The van der Waals surface area contributed by atoms with Crippen LogP contribution in [0.15, 0.2) is 0 Å². The van der Waals surface area contributed by atoms with Crippen molar-refractivity contribution in [1.82, 2.24) is 0 Å². The van der Waals surface area contributed by atoms with Crippen LogP contribution in [0.2, 0.25) is 0 Å². The summed E-state index contributed by atoms with van der Waals surface area (Å²) >= 11 is 0. The Labute approximate surface area is 100 Å². The van der Waals surface area contributed by atoms with Crippen LogP contribution in [0.4, 0.5) is 0 Å². The second-order valence-corrected chi connectivity index (χ2v) is 3.46. The van der Waals surface area contributed by atoms with Gasteiger partial charge < -0.3 is 14.2 Å². The van der Waals surface area contributed by atoms with Crippen LogP contribution >= 0.6 is 0 Å². The van der Waals surface area contributed by atoms with Crippen molar-refractivity contribution in [2.75, 3.05) is 14.2 Å². The zero-order chi connectivity index (χ0) is 13.3. The lowest BCUT2D eigenvalue weighted by Gasteiger charge is -2.15. The smallest absolute Gasteiger partial charge is 0.305 e. The van der Waals surface area contributed by atoms with E-state index in [1.807, 2.05) is 0 Å². The van der Waals surface area contributed by atoms with Crippen molar-refractivity contribution in [3.05, 3.63) is 0 Å². The Morgan fingerprint density at radius 1 is 0.941 bits per heavy atom. The highest BCUT2D eigenvalue weighted by atomic mass is 16.5. The molecule has 6 heteroatoms. The van der Waals surface area contributed by atoms with E-state index in [9.17, 15) is 14.4 Å². The summed E-state index contributed by atoms with van der Waals surface area (Å²) in [6, 6.07) is 0. The maximum atomic E-state index is 10.9. The fourth-order valence-corrected chi connectivity index (χ4v) is 1.26. The first-order chi connectivity index (χ1) is 7.99. The van der Waals surface area contributed by atoms with E-state index in [-0.39, 0.29) is 24.8 Å². The molecular formula is C11H18O6. The maximum Gasteiger partial charge on any atom is 0.305 e. The van der Waals surface area contributed by atoms with Crippen LogP contribution in [-0.4, -0.2) is 38.2 Å². The summed E-state index contributed by atoms with van der Waals surface area (Å²) in [6.07, 6.45) is 0.503. The molecule has 0 fully saturated rings. The molecule has 0 aromatic heterocycles. The second kappa shape index (κ2) is 8.55. The summed E-state index contributed by atoms with van der Waals surface area (Å²) in [6.45, 7) is 1.28. The minimum atomic E-state index is -0.467. The van der Waals surface area contributed by atoms with Crippen molar-refractivity contribution in [1.29, 1.82) is 0 Å². The van der Waals surface area contributed by atoms with Gasteiger partial charge in [0.15, 0.2) is 0 Å². The molecule has 0 unspecified atom stereocenters. The van der Waals surface area contributed by atoms with Gasteiger partial charge in [0.2, 0.25) is 0 Å². The van der Waals surface area contributed by atoms with Crippen molar-refractivity contribution in [3.8, 4) is 0 Å². The van der Waals surface area contributed by atoms with Crippen molar-refractivity contribution < 1.29 is 28.6 Å². The Hall–Kier alpha value is -1.59. The third kappa shape index (κ3) is 8.24. The second-order valence-electron chi connectivity index (χ2n) is 3.46. The summed E-state index contributed by atoms with van der Waals surface area (Å²) in [4.78, 5) is 32.7. The van der Waals surface area contributed by atoms with Crippen molar-refractivity contribution in [3.63, 3.8) is 0 Å². The number of methoxy groups -OCH3 is 2. The van der Waals surface area contributed by atoms with Gasteiger partial charge in [-0.3, -0.25) is 14.4 Å². The number of esters is 3. The van der Waals surface area contributed by atoms with E-state index in [4.69, 9.17) is 4.74 Å². The Morgan fingerprint density at radius 3 is 1.65 bits per heavy atom. The lowest BCUT2D eigenvalue weighted by Crippen LogP contribution is -2.19. The van der Waals surface area contributed by atoms with Gasteiger partial charge in [-0.15, -0.1) is 0 Å². The van der Waals surface area contributed by atoms with E-state index in [1.165, 1.54) is 21.1 Å². The Bertz CT molecular complexity index is 253. The van der Waals surface area contributed by atoms with Crippen LogP contribution in [0.3, 0.4) is 0 Å². The quantitative estimate of drug-likeness (QED) is 0.489. The van der Waals surface area contributed by atoms with E-state index in [0.717, 1.165) is 0 Å². The molecule has 0 saturated carbocycles. The van der Waals surface area contributed by atoms with Gasteiger partial charge >= 0.3 is 17.9 Å². The predicted molar refractivity (Wildman–Crippen MR) is 58.1 cm³/mol. The van der Waals surface area contributed by atoms with Crippen LogP contribution in [0, 0.1) is 0 Å². The molecule has 6 nitrogen and oxygen atoms in total. The number of rotatable bonds is 7. The van der Waals surface area contributed by atoms with Crippen LogP contribution in [0.5, 0.6) is 0 Å². The standard InChI is InChI=1S/C11H18O6/c1-8(12)17-9(4-6-10(13)15-2)5-7-11(14)16-3/h9H,4-7H2,1-3H3. The normalized spacial score (nSPS) is 9.88. The molecule has 0 amide bonds. The fraction of sp³-hybridized carbons (Fsp3) is 0.727. The molecule has 0 saturated heterocycles. The third-order valence-electron chi connectivity index (χ3n) is 2.13. The van der Waals surface area contributed by atoms with Gasteiger partial charge in [-0.25, -0.2) is 0 Å². The van der Waals surface area contributed by atoms with Crippen LogP contribution in [0.25, 0.3) is 0 Å². The molecule has 17 heavy (non-hydrogen) atoms. The van der Waals surface area contributed by atoms with Crippen molar-refractivity contribution in [2.24, 2.45) is 0 Å². The van der Waals surface area contributed by atoms with Crippen molar-refractivity contribution in [2.45, 2.75) is 38.7 Å². The minimum Gasteiger partial charge on any atom is -0.469 e. The van der Waals surface area contributed by atoms with E-state index in [0.29, 0.717) is 12.8 Å². The molecule has 0 rings (SSSR count). The predicted octanol–water partition coefficient (Wildman–Crippen LogP) is 0.824. The average Bonchev–Trinajstić information content (AvgIpc) is 2.30. The monoisotopic (exact) mass is 246 g/mol. The van der Waals surface area contributed by atoms with Gasteiger partial charge in [0, 0.05) is 19.8 Å². The average molecular weight is 246 g/mol. The molecule has 0 radical (unpaired) electrons. The number of ether oxygens (including phenoxy) is 3. The molecule has 0 bridgehead atoms. The Kier molecular flexibility index (Phi) is 7.75. The zero-order valence-corrected chi connectivity index (χ0v) is 10.4. The minimum absolute atomic E-state index is 0.148. The fourth-order valence-electron chi connectivity index (χ4n) is 1.26. The van der Waals surface area contributed by atoms with Gasteiger partial charge in [0.25, 0.3) is 0 Å². The molecule has 0 aliphatic heterocycles. The maximum absolute atomic E-state index is 10.9. The highest BCUT2D eigenvalue weighted by Crippen LogP contribution is 2.11. The van der Waals surface area contributed by atoms with E-state index in [1.54, 1.807) is 0 Å². The van der Waals surface area contributed by atoms with Gasteiger partial charge in [0.05, 0.1) is 14.2 Å². The molecule has 0 atom stereocenters. The number of carbonyl (C=O) groups is 3. The topological polar surface area (TPSA) is 78.9 Å². The molecular weight excluding hydrogens is 228 g/mol. The first-order valence-corrected chi connectivity index (χ1v) is 5.30. The first-order valence-electron chi connectivity index (χ1n) is 5.30. The molecule has 0 heterocycles. The number of carbonyl (C=O) groups excluding carboxylic acids is 3. The summed E-state index contributed by atoms with van der Waals surface area (Å²) in [7, 11) is 2.58. The van der Waals surface area contributed by atoms with Crippen LogP contribution in [0.1, 0.15) is 32.6 Å². The SMILES string of the molecule is COC(=O)CCC(CCC(=O)OC)OC(C)=O. The Balaban J connectivity index is 4.09. The lowest BCUT2D eigenvalue weighted by molar-refractivity contribution is -0.151.